The Morgan fingerprint density at radius 3 is 2.52 bits per heavy atom. The van der Waals surface area contributed by atoms with Crippen LogP contribution in [0.1, 0.15) is 34.6 Å². The Labute approximate surface area is 190 Å². The zero-order valence-electron chi connectivity index (χ0n) is 17.4. The van der Waals surface area contributed by atoms with Gasteiger partial charge in [-0.2, -0.15) is 0 Å². The van der Waals surface area contributed by atoms with Gasteiger partial charge in [0.25, 0.3) is 11.6 Å². The van der Waals surface area contributed by atoms with Gasteiger partial charge < -0.3 is 10.1 Å². The summed E-state index contributed by atoms with van der Waals surface area (Å²) in [6.07, 6.45) is 0. The summed E-state index contributed by atoms with van der Waals surface area (Å²) < 4.78 is 19.3. The first-order chi connectivity index (χ1) is 15.7. The number of hydrogen-bond donors (Lipinski definition) is 2. The SMILES string of the molecule is CCOC(=O)c1cc(C(=O)Nc2nc(-c3ccc(NC(C)=O)cc3F)cs2)cc([N+](=O)[O-])c1. The van der Waals surface area contributed by atoms with Gasteiger partial charge in [0.1, 0.15) is 5.82 Å². The number of anilines is 2. The molecule has 0 spiro atoms. The molecule has 3 rings (SSSR count). The van der Waals surface area contributed by atoms with E-state index in [-0.39, 0.29) is 45.7 Å². The summed E-state index contributed by atoms with van der Waals surface area (Å²) in [4.78, 5) is 50.4. The molecule has 0 aliphatic heterocycles. The first-order valence-electron chi connectivity index (χ1n) is 9.49. The van der Waals surface area contributed by atoms with Gasteiger partial charge in [-0.1, -0.05) is 0 Å². The molecule has 0 bridgehead atoms. The number of thiazole rings is 1. The second-order valence-corrected chi connectivity index (χ2v) is 7.47. The van der Waals surface area contributed by atoms with Gasteiger partial charge in [0, 0.05) is 41.3 Å². The number of nitro benzene ring substituents is 1. The number of nitrogens with zero attached hydrogens (tertiary/aromatic N) is 2. The first kappa shape index (κ1) is 23.5. The van der Waals surface area contributed by atoms with E-state index in [1.165, 1.54) is 30.5 Å². The van der Waals surface area contributed by atoms with Crippen LogP contribution in [0.15, 0.2) is 41.8 Å². The van der Waals surface area contributed by atoms with E-state index in [2.05, 4.69) is 15.6 Å². The highest BCUT2D eigenvalue weighted by molar-refractivity contribution is 7.14. The molecule has 10 nitrogen and oxygen atoms in total. The van der Waals surface area contributed by atoms with Gasteiger partial charge in [-0.15, -0.1) is 11.3 Å². The van der Waals surface area contributed by atoms with Gasteiger partial charge in [-0.05, 0) is 31.2 Å². The number of amides is 2. The van der Waals surface area contributed by atoms with Crippen LogP contribution in [-0.4, -0.2) is 34.3 Å². The molecule has 1 aromatic heterocycles. The van der Waals surface area contributed by atoms with Crippen molar-refractivity contribution in [3.8, 4) is 11.3 Å². The molecule has 1 heterocycles. The smallest absolute Gasteiger partial charge is 0.338 e. The van der Waals surface area contributed by atoms with E-state index in [0.717, 1.165) is 29.5 Å². The van der Waals surface area contributed by atoms with Crippen molar-refractivity contribution in [2.75, 3.05) is 17.2 Å². The van der Waals surface area contributed by atoms with E-state index in [1.807, 2.05) is 0 Å². The van der Waals surface area contributed by atoms with Crippen molar-refractivity contribution < 1.29 is 28.4 Å². The fraction of sp³-hybridized carbons (Fsp3) is 0.143. The van der Waals surface area contributed by atoms with Crippen molar-refractivity contribution in [3.05, 3.63) is 68.8 Å². The number of aromatic nitrogens is 1. The van der Waals surface area contributed by atoms with Crippen LogP contribution in [0.5, 0.6) is 0 Å². The number of ether oxygens (including phenoxy) is 1. The zero-order chi connectivity index (χ0) is 24.1. The second kappa shape index (κ2) is 9.96. The molecule has 170 valence electrons. The lowest BCUT2D eigenvalue weighted by atomic mass is 10.1. The predicted octanol–water partition coefficient (Wildman–Crippen LogP) is 4.24. The van der Waals surface area contributed by atoms with E-state index >= 15 is 0 Å². The Hall–Kier alpha value is -4.19. The van der Waals surface area contributed by atoms with Crippen molar-refractivity contribution in [1.29, 1.82) is 0 Å². The summed E-state index contributed by atoms with van der Waals surface area (Å²) in [6, 6.07) is 7.31. The minimum Gasteiger partial charge on any atom is -0.462 e. The number of benzene rings is 2. The molecular weight excluding hydrogens is 455 g/mol. The van der Waals surface area contributed by atoms with Crippen LogP contribution >= 0.6 is 11.3 Å². The van der Waals surface area contributed by atoms with E-state index in [1.54, 1.807) is 6.92 Å². The van der Waals surface area contributed by atoms with Crippen LogP contribution in [0.25, 0.3) is 11.3 Å². The van der Waals surface area contributed by atoms with Crippen LogP contribution < -0.4 is 10.6 Å². The Balaban J connectivity index is 1.83. The predicted molar refractivity (Wildman–Crippen MR) is 119 cm³/mol. The summed E-state index contributed by atoms with van der Waals surface area (Å²) in [7, 11) is 0. The summed E-state index contributed by atoms with van der Waals surface area (Å²) in [5, 5.41) is 17.8. The average molecular weight is 472 g/mol. The van der Waals surface area contributed by atoms with Crippen molar-refractivity contribution in [3.63, 3.8) is 0 Å². The molecule has 3 aromatic rings. The third-order valence-corrected chi connectivity index (χ3v) is 4.95. The molecular formula is C21H17FN4O6S. The van der Waals surface area contributed by atoms with Crippen molar-refractivity contribution in [1.82, 2.24) is 4.98 Å². The van der Waals surface area contributed by atoms with Crippen LogP contribution in [0.2, 0.25) is 0 Å². The highest BCUT2D eigenvalue weighted by Gasteiger charge is 2.20. The number of rotatable bonds is 7. The van der Waals surface area contributed by atoms with Crippen LogP contribution in [-0.2, 0) is 9.53 Å². The summed E-state index contributed by atoms with van der Waals surface area (Å²) >= 11 is 1.02. The highest BCUT2D eigenvalue weighted by Crippen LogP contribution is 2.29. The van der Waals surface area contributed by atoms with Crippen LogP contribution in [0.3, 0.4) is 0 Å². The van der Waals surface area contributed by atoms with Gasteiger partial charge in [-0.25, -0.2) is 14.2 Å². The van der Waals surface area contributed by atoms with Gasteiger partial charge in [0.2, 0.25) is 5.91 Å². The Kier molecular flexibility index (Phi) is 7.08. The van der Waals surface area contributed by atoms with E-state index in [9.17, 15) is 28.9 Å². The van der Waals surface area contributed by atoms with E-state index < -0.39 is 28.3 Å². The third-order valence-electron chi connectivity index (χ3n) is 4.19. The molecule has 0 fully saturated rings. The summed E-state index contributed by atoms with van der Waals surface area (Å²) in [5.74, 6) is -2.51. The number of nitrogens with one attached hydrogen (secondary N) is 2. The number of carbonyl (C=O) groups is 3. The quantitative estimate of drug-likeness (QED) is 0.298. The summed E-state index contributed by atoms with van der Waals surface area (Å²) in [5.41, 5.74) is -0.0520. The number of nitro groups is 1. The number of halogens is 1. The maximum atomic E-state index is 14.4. The monoisotopic (exact) mass is 472 g/mol. The third kappa shape index (κ3) is 5.74. The minimum absolute atomic E-state index is 0.0628. The molecule has 0 saturated carbocycles. The van der Waals surface area contributed by atoms with Gasteiger partial charge in [-0.3, -0.25) is 25.0 Å². The highest BCUT2D eigenvalue weighted by atomic mass is 32.1. The lowest BCUT2D eigenvalue weighted by Gasteiger charge is -2.06. The molecule has 0 saturated heterocycles. The zero-order valence-corrected chi connectivity index (χ0v) is 18.2. The lowest BCUT2D eigenvalue weighted by Crippen LogP contribution is -2.14. The minimum atomic E-state index is -0.801. The number of esters is 1. The average Bonchev–Trinajstić information content (AvgIpc) is 3.21. The topological polar surface area (TPSA) is 141 Å². The Morgan fingerprint density at radius 1 is 1.15 bits per heavy atom. The van der Waals surface area contributed by atoms with Crippen molar-refractivity contribution in [2.45, 2.75) is 13.8 Å². The van der Waals surface area contributed by atoms with Crippen LogP contribution in [0.4, 0.5) is 20.9 Å². The number of non-ortho nitro benzene ring substituents is 1. The van der Waals surface area contributed by atoms with E-state index in [4.69, 9.17) is 4.74 Å². The van der Waals surface area contributed by atoms with Crippen molar-refractivity contribution >= 4 is 45.6 Å². The maximum Gasteiger partial charge on any atom is 0.338 e. The molecule has 0 radical (unpaired) electrons. The Morgan fingerprint density at radius 2 is 1.88 bits per heavy atom. The lowest BCUT2D eigenvalue weighted by molar-refractivity contribution is -0.384. The van der Waals surface area contributed by atoms with Gasteiger partial charge >= 0.3 is 5.97 Å². The van der Waals surface area contributed by atoms with Gasteiger partial charge in [0.15, 0.2) is 5.13 Å². The fourth-order valence-corrected chi connectivity index (χ4v) is 3.51. The van der Waals surface area contributed by atoms with Crippen molar-refractivity contribution in [2.24, 2.45) is 0 Å². The standard InChI is InChI=1S/C21H17FN4O6S/c1-3-32-20(29)13-6-12(7-15(8-13)26(30)31)19(28)25-21-24-18(10-33-21)16-5-4-14(9-17(16)22)23-11(2)27/h4-10H,3H2,1-2H3,(H,23,27)(H,24,25,28). The molecule has 2 amide bonds. The molecule has 0 atom stereocenters. The van der Waals surface area contributed by atoms with Gasteiger partial charge in [0.05, 0.1) is 22.8 Å². The second-order valence-electron chi connectivity index (χ2n) is 6.61. The molecule has 0 unspecified atom stereocenters. The number of hydrogen-bond acceptors (Lipinski definition) is 8. The molecule has 2 N–H and O–H groups in total. The van der Waals surface area contributed by atoms with Crippen LogP contribution in [0, 0.1) is 15.9 Å². The molecule has 12 heteroatoms. The summed E-state index contributed by atoms with van der Waals surface area (Å²) in [6.45, 7) is 2.95. The molecule has 0 aliphatic rings. The molecule has 2 aromatic carbocycles. The maximum absolute atomic E-state index is 14.4. The number of carbonyl (C=O) groups excluding carboxylic acids is 3. The normalized spacial score (nSPS) is 10.4. The fourth-order valence-electron chi connectivity index (χ4n) is 2.81. The molecule has 0 aliphatic carbocycles. The Bertz CT molecular complexity index is 1260. The first-order valence-corrected chi connectivity index (χ1v) is 10.4. The van der Waals surface area contributed by atoms with E-state index in [0.29, 0.717) is 0 Å². The molecule has 33 heavy (non-hydrogen) atoms. The largest absolute Gasteiger partial charge is 0.462 e.